The number of benzene rings is 2. The Kier molecular flexibility index (Phi) is 6.22. The van der Waals surface area contributed by atoms with Crippen LogP contribution in [0.2, 0.25) is 0 Å². The van der Waals surface area contributed by atoms with Crippen LogP contribution in [0.4, 0.5) is 11.5 Å². The van der Waals surface area contributed by atoms with Crippen LogP contribution in [-0.2, 0) is 6.42 Å². The lowest BCUT2D eigenvalue weighted by molar-refractivity contribution is 0.102. The van der Waals surface area contributed by atoms with E-state index >= 15 is 0 Å². The molecule has 0 saturated carbocycles. The average molecular weight is 376 g/mol. The number of hydrogen-bond donors (Lipinski definition) is 2. The highest BCUT2D eigenvalue weighted by Crippen LogP contribution is 2.16. The van der Waals surface area contributed by atoms with Crippen molar-refractivity contribution in [3.05, 3.63) is 77.2 Å². The number of anilines is 2. The van der Waals surface area contributed by atoms with E-state index in [4.69, 9.17) is 4.74 Å². The molecule has 0 aliphatic rings. The Morgan fingerprint density at radius 1 is 1.04 bits per heavy atom. The first-order valence-corrected chi connectivity index (χ1v) is 9.14. The third kappa shape index (κ3) is 5.07. The number of hydrogen-bond acceptors (Lipinski definition) is 5. The quantitative estimate of drug-likeness (QED) is 0.652. The molecule has 0 aliphatic heterocycles. The van der Waals surface area contributed by atoms with Crippen molar-refractivity contribution in [3.63, 3.8) is 0 Å². The number of carbonyl (C=O) groups excluding carboxylic acids is 1. The minimum absolute atomic E-state index is 0.254. The highest BCUT2D eigenvalue weighted by molar-refractivity contribution is 6.03. The van der Waals surface area contributed by atoms with E-state index in [-0.39, 0.29) is 5.91 Å². The van der Waals surface area contributed by atoms with Crippen molar-refractivity contribution in [2.75, 3.05) is 24.3 Å². The molecular weight excluding hydrogens is 352 g/mol. The first kappa shape index (κ1) is 19.4. The molecule has 1 heterocycles. The lowest BCUT2D eigenvalue weighted by atomic mass is 10.1. The van der Waals surface area contributed by atoms with Crippen molar-refractivity contribution in [2.45, 2.75) is 20.3 Å². The van der Waals surface area contributed by atoms with Crippen LogP contribution in [-0.4, -0.2) is 29.5 Å². The largest absolute Gasteiger partial charge is 0.497 e. The van der Waals surface area contributed by atoms with Crippen molar-refractivity contribution < 1.29 is 9.53 Å². The molecule has 0 aliphatic carbocycles. The number of methoxy groups -OCH3 is 1. The lowest BCUT2D eigenvalue weighted by Gasteiger charge is -2.11. The van der Waals surface area contributed by atoms with Gasteiger partial charge in [0.15, 0.2) is 0 Å². The molecule has 0 fully saturated rings. The maximum atomic E-state index is 12.6. The molecule has 6 heteroatoms. The number of nitrogens with one attached hydrogen (secondary N) is 2. The van der Waals surface area contributed by atoms with Crippen molar-refractivity contribution >= 4 is 17.4 Å². The van der Waals surface area contributed by atoms with Crippen LogP contribution in [0.5, 0.6) is 5.75 Å². The Morgan fingerprint density at radius 2 is 1.86 bits per heavy atom. The summed E-state index contributed by atoms with van der Waals surface area (Å²) < 4.78 is 5.25. The van der Waals surface area contributed by atoms with Gasteiger partial charge in [0.25, 0.3) is 5.91 Å². The van der Waals surface area contributed by atoms with Crippen molar-refractivity contribution in [1.29, 1.82) is 0 Å². The standard InChI is InChI=1S/C22H24N4O2/c1-15-7-4-5-10-19(15)26-22(27)20-14-21(25-16(2)24-20)23-12-11-17-8-6-9-18(13-17)28-3/h4-10,13-14H,11-12H2,1-3H3,(H,26,27)(H,23,24,25). The van der Waals surface area contributed by atoms with Gasteiger partial charge >= 0.3 is 0 Å². The first-order chi connectivity index (χ1) is 13.5. The predicted molar refractivity (Wildman–Crippen MR) is 111 cm³/mol. The van der Waals surface area contributed by atoms with E-state index in [9.17, 15) is 4.79 Å². The number of nitrogens with zero attached hydrogens (tertiary/aromatic N) is 2. The zero-order valence-corrected chi connectivity index (χ0v) is 16.3. The number of carbonyl (C=O) groups is 1. The molecule has 2 aromatic carbocycles. The van der Waals surface area contributed by atoms with Crippen LogP contribution in [0.25, 0.3) is 0 Å². The number of para-hydroxylation sites is 1. The van der Waals surface area contributed by atoms with E-state index < -0.39 is 0 Å². The number of aryl methyl sites for hydroxylation is 2. The summed E-state index contributed by atoms with van der Waals surface area (Å²) in [6.07, 6.45) is 0.811. The molecule has 28 heavy (non-hydrogen) atoms. The molecule has 0 saturated heterocycles. The molecule has 6 nitrogen and oxygen atoms in total. The molecule has 1 amide bonds. The van der Waals surface area contributed by atoms with Gasteiger partial charge in [-0.05, 0) is 49.6 Å². The lowest BCUT2D eigenvalue weighted by Crippen LogP contribution is -2.17. The van der Waals surface area contributed by atoms with E-state index in [0.29, 0.717) is 23.9 Å². The van der Waals surface area contributed by atoms with Gasteiger partial charge in [0.2, 0.25) is 0 Å². The predicted octanol–water partition coefficient (Wildman–Crippen LogP) is 4.01. The van der Waals surface area contributed by atoms with Gasteiger partial charge in [0.1, 0.15) is 23.1 Å². The summed E-state index contributed by atoms with van der Waals surface area (Å²) in [4.78, 5) is 21.2. The fraction of sp³-hybridized carbons (Fsp3) is 0.227. The highest BCUT2D eigenvalue weighted by atomic mass is 16.5. The monoisotopic (exact) mass is 376 g/mol. The van der Waals surface area contributed by atoms with Crippen LogP contribution in [0.15, 0.2) is 54.6 Å². The maximum Gasteiger partial charge on any atom is 0.274 e. The SMILES string of the molecule is COc1cccc(CCNc2cc(C(=O)Nc3ccccc3C)nc(C)n2)c1. The van der Waals surface area contributed by atoms with Crippen LogP contribution in [0.3, 0.4) is 0 Å². The van der Waals surface area contributed by atoms with Gasteiger partial charge in [-0.25, -0.2) is 9.97 Å². The number of aromatic nitrogens is 2. The molecule has 3 rings (SSSR count). The van der Waals surface area contributed by atoms with Crippen LogP contribution >= 0.6 is 0 Å². The van der Waals surface area contributed by atoms with E-state index in [1.54, 1.807) is 20.1 Å². The van der Waals surface area contributed by atoms with Crippen LogP contribution in [0.1, 0.15) is 27.4 Å². The normalized spacial score (nSPS) is 10.4. The molecule has 0 radical (unpaired) electrons. The van der Waals surface area contributed by atoms with E-state index in [0.717, 1.165) is 29.0 Å². The number of amides is 1. The van der Waals surface area contributed by atoms with Crippen molar-refractivity contribution in [3.8, 4) is 5.75 Å². The van der Waals surface area contributed by atoms with Crippen LogP contribution < -0.4 is 15.4 Å². The van der Waals surface area contributed by atoms with E-state index in [1.807, 2.05) is 49.4 Å². The van der Waals surface area contributed by atoms with Gasteiger partial charge in [-0.3, -0.25) is 4.79 Å². The number of rotatable bonds is 7. The summed E-state index contributed by atoms with van der Waals surface area (Å²) in [5.74, 6) is 1.76. The van der Waals surface area contributed by atoms with Gasteiger partial charge < -0.3 is 15.4 Å². The second-order valence-electron chi connectivity index (χ2n) is 6.48. The zero-order valence-electron chi connectivity index (χ0n) is 16.3. The second kappa shape index (κ2) is 8.99. The van der Waals surface area contributed by atoms with E-state index in [2.05, 4.69) is 26.7 Å². The molecule has 0 unspecified atom stereocenters. The van der Waals surface area contributed by atoms with Gasteiger partial charge in [-0.2, -0.15) is 0 Å². The topological polar surface area (TPSA) is 76.1 Å². The molecule has 0 spiro atoms. The Hall–Kier alpha value is -3.41. The minimum atomic E-state index is -0.254. The number of ether oxygens (including phenoxy) is 1. The van der Waals surface area contributed by atoms with Gasteiger partial charge in [-0.15, -0.1) is 0 Å². The summed E-state index contributed by atoms with van der Waals surface area (Å²) in [5.41, 5.74) is 3.27. The van der Waals surface area contributed by atoms with Gasteiger partial charge in [-0.1, -0.05) is 30.3 Å². The van der Waals surface area contributed by atoms with Crippen molar-refractivity contribution in [2.24, 2.45) is 0 Å². The Labute approximate surface area is 165 Å². The summed E-state index contributed by atoms with van der Waals surface area (Å²) in [6.45, 7) is 4.41. The highest BCUT2D eigenvalue weighted by Gasteiger charge is 2.12. The Balaban J connectivity index is 1.65. The minimum Gasteiger partial charge on any atom is -0.497 e. The maximum absolute atomic E-state index is 12.6. The molecule has 144 valence electrons. The Morgan fingerprint density at radius 3 is 2.64 bits per heavy atom. The van der Waals surface area contributed by atoms with Crippen molar-refractivity contribution in [1.82, 2.24) is 9.97 Å². The fourth-order valence-corrected chi connectivity index (χ4v) is 2.84. The zero-order chi connectivity index (χ0) is 19.9. The second-order valence-corrected chi connectivity index (χ2v) is 6.48. The molecule has 0 bridgehead atoms. The third-order valence-corrected chi connectivity index (χ3v) is 4.32. The smallest absolute Gasteiger partial charge is 0.274 e. The molecule has 2 N–H and O–H groups in total. The average Bonchev–Trinajstić information content (AvgIpc) is 2.69. The third-order valence-electron chi connectivity index (χ3n) is 4.32. The molecule has 3 aromatic rings. The summed E-state index contributed by atoms with van der Waals surface area (Å²) >= 11 is 0. The van der Waals surface area contributed by atoms with Crippen LogP contribution in [0, 0.1) is 13.8 Å². The summed E-state index contributed by atoms with van der Waals surface area (Å²) in [6, 6.07) is 17.3. The molecule has 0 atom stereocenters. The fourth-order valence-electron chi connectivity index (χ4n) is 2.84. The van der Waals surface area contributed by atoms with E-state index in [1.165, 1.54) is 0 Å². The summed E-state index contributed by atoms with van der Waals surface area (Å²) in [7, 11) is 1.66. The molecular formula is C22H24N4O2. The summed E-state index contributed by atoms with van der Waals surface area (Å²) in [5, 5.41) is 6.17. The first-order valence-electron chi connectivity index (χ1n) is 9.14. The van der Waals surface area contributed by atoms with Gasteiger partial charge in [0.05, 0.1) is 7.11 Å². The van der Waals surface area contributed by atoms with Gasteiger partial charge in [0, 0.05) is 18.3 Å². The molecule has 1 aromatic heterocycles. The Bertz CT molecular complexity index is 972.